The molecule has 0 spiro atoms. The van der Waals surface area contributed by atoms with Gasteiger partial charge in [0.1, 0.15) is 5.82 Å². The fraction of sp³-hybridized carbons (Fsp3) is 0.409. The van der Waals surface area contributed by atoms with E-state index in [9.17, 15) is 17.6 Å². The van der Waals surface area contributed by atoms with E-state index in [2.05, 4.69) is 10.6 Å². The Hall–Kier alpha value is -2.45. The fourth-order valence-corrected chi connectivity index (χ4v) is 5.35. The highest BCUT2D eigenvalue weighted by atomic mass is 32.2. The van der Waals surface area contributed by atoms with Gasteiger partial charge in [0.2, 0.25) is 10.0 Å². The topological polar surface area (TPSA) is 78.5 Å². The van der Waals surface area contributed by atoms with Crippen molar-refractivity contribution in [2.45, 2.75) is 50.1 Å². The Morgan fingerprint density at radius 3 is 2.47 bits per heavy atom. The van der Waals surface area contributed by atoms with E-state index in [4.69, 9.17) is 0 Å². The molecular weight excluding hydrogens is 405 g/mol. The first-order valence-corrected chi connectivity index (χ1v) is 11.6. The van der Waals surface area contributed by atoms with Gasteiger partial charge in [-0.1, -0.05) is 36.2 Å². The average molecular weight is 434 g/mol. The zero-order valence-corrected chi connectivity index (χ0v) is 17.9. The van der Waals surface area contributed by atoms with Crippen molar-refractivity contribution in [3.05, 3.63) is 65.5 Å². The Kier molecular flexibility index (Phi) is 7.44. The zero-order chi connectivity index (χ0) is 21.6. The molecule has 1 aliphatic rings. The third-order valence-corrected chi connectivity index (χ3v) is 7.30. The van der Waals surface area contributed by atoms with Gasteiger partial charge in [0, 0.05) is 25.7 Å². The molecule has 1 fully saturated rings. The largest absolute Gasteiger partial charge is 0.338 e. The highest BCUT2D eigenvalue weighted by Gasteiger charge is 2.33. The fourth-order valence-electron chi connectivity index (χ4n) is 3.62. The molecule has 1 aliphatic heterocycles. The summed E-state index contributed by atoms with van der Waals surface area (Å²) in [5.74, 6) is -0.319. The third kappa shape index (κ3) is 5.79. The Morgan fingerprint density at radius 2 is 1.77 bits per heavy atom. The Bertz CT molecular complexity index is 947. The molecule has 2 aromatic rings. The van der Waals surface area contributed by atoms with Crippen LogP contribution >= 0.6 is 0 Å². The minimum Gasteiger partial charge on any atom is -0.338 e. The van der Waals surface area contributed by atoms with Crippen LogP contribution in [0.1, 0.15) is 36.8 Å². The molecule has 0 bridgehead atoms. The van der Waals surface area contributed by atoms with Gasteiger partial charge in [-0.15, -0.1) is 0 Å². The smallest absolute Gasteiger partial charge is 0.315 e. The van der Waals surface area contributed by atoms with Crippen molar-refractivity contribution in [3.8, 4) is 0 Å². The van der Waals surface area contributed by atoms with Gasteiger partial charge in [-0.05, 0) is 56.0 Å². The molecule has 8 heteroatoms. The summed E-state index contributed by atoms with van der Waals surface area (Å²) >= 11 is 0. The molecule has 3 rings (SSSR count). The Morgan fingerprint density at radius 1 is 1.07 bits per heavy atom. The van der Waals surface area contributed by atoms with Crippen LogP contribution in [0.4, 0.5) is 9.18 Å². The molecule has 1 atom stereocenters. The summed E-state index contributed by atoms with van der Waals surface area (Å²) in [7, 11) is -3.55. The van der Waals surface area contributed by atoms with Gasteiger partial charge in [0.05, 0.1) is 4.90 Å². The quantitative estimate of drug-likeness (QED) is 0.701. The van der Waals surface area contributed by atoms with Crippen LogP contribution < -0.4 is 10.6 Å². The monoisotopic (exact) mass is 433 g/mol. The predicted octanol–water partition coefficient (Wildman–Crippen LogP) is 3.57. The molecule has 1 saturated heterocycles. The number of piperidine rings is 1. The molecule has 0 aliphatic carbocycles. The first-order chi connectivity index (χ1) is 14.4. The van der Waals surface area contributed by atoms with E-state index >= 15 is 0 Å². The van der Waals surface area contributed by atoms with E-state index in [1.54, 1.807) is 40.7 Å². The number of sulfonamides is 1. The van der Waals surface area contributed by atoms with Crippen LogP contribution in [0.15, 0.2) is 53.4 Å². The summed E-state index contributed by atoms with van der Waals surface area (Å²) < 4.78 is 40.7. The molecule has 0 aromatic heterocycles. The van der Waals surface area contributed by atoms with Crippen molar-refractivity contribution in [1.82, 2.24) is 14.9 Å². The van der Waals surface area contributed by atoms with Gasteiger partial charge in [-0.2, -0.15) is 4.31 Å². The maximum Gasteiger partial charge on any atom is 0.315 e. The molecule has 0 radical (unpaired) electrons. The molecule has 162 valence electrons. The van der Waals surface area contributed by atoms with Crippen LogP contribution in [0.2, 0.25) is 0 Å². The van der Waals surface area contributed by atoms with Crippen molar-refractivity contribution >= 4 is 16.1 Å². The summed E-state index contributed by atoms with van der Waals surface area (Å²) in [5, 5.41) is 5.51. The number of carbonyl (C=O) groups is 1. The van der Waals surface area contributed by atoms with Gasteiger partial charge in [-0.3, -0.25) is 0 Å². The van der Waals surface area contributed by atoms with Crippen LogP contribution in [0, 0.1) is 12.7 Å². The zero-order valence-electron chi connectivity index (χ0n) is 17.1. The van der Waals surface area contributed by atoms with Gasteiger partial charge in [-0.25, -0.2) is 17.6 Å². The molecule has 1 heterocycles. The minimum absolute atomic E-state index is 0.137. The Labute approximate surface area is 177 Å². The predicted molar refractivity (Wildman–Crippen MR) is 114 cm³/mol. The number of hydrogen-bond donors (Lipinski definition) is 2. The van der Waals surface area contributed by atoms with E-state index in [-0.39, 0.29) is 17.9 Å². The summed E-state index contributed by atoms with van der Waals surface area (Å²) in [5.41, 5.74) is 1.81. The van der Waals surface area contributed by atoms with Gasteiger partial charge >= 0.3 is 6.03 Å². The second kappa shape index (κ2) is 10.0. The number of benzene rings is 2. The van der Waals surface area contributed by atoms with E-state index in [1.165, 1.54) is 12.1 Å². The van der Waals surface area contributed by atoms with Crippen LogP contribution in [-0.2, 0) is 16.6 Å². The lowest BCUT2D eigenvalue weighted by atomic mass is 10.0. The molecular formula is C22H28FN3O3S. The lowest BCUT2D eigenvalue weighted by Crippen LogP contribution is -2.45. The number of hydrogen-bond acceptors (Lipinski definition) is 3. The normalized spacial score (nSPS) is 17.5. The van der Waals surface area contributed by atoms with Crippen molar-refractivity contribution in [2.24, 2.45) is 0 Å². The van der Waals surface area contributed by atoms with E-state index < -0.39 is 10.0 Å². The molecule has 2 amide bonds. The molecule has 1 unspecified atom stereocenters. The number of rotatable bonds is 7. The van der Waals surface area contributed by atoms with Crippen LogP contribution in [-0.4, -0.2) is 37.9 Å². The first-order valence-electron chi connectivity index (χ1n) is 10.2. The number of nitrogens with one attached hydrogen (secondary N) is 2. The van der Waals surface area contributed by atoms with Crippen LogP contribution in [0.3, 0.4) is 0 Å². The van der Waals surface area contributed by atoms with E-state index in [0.29, 0.717) is 31.0 Å². The summed E-state index contributed by atoms with van der Waals surface area (Å²) in [4.78, 5) is 12.3. The molecule has 6 nitrogen and oxygen atoms in total. The summed E-state index contributed by atoms with van der Waals surface area (Å²) in [6.07, 6.45) is 3.15. The maximum atomic E-state index is 13.1. The van der Waals surface area contributed by atoms with Crippen molar-refractivity contribution in [2.75, 3.05) is 13.1 Å². The second-order valence-electron chi connectivity index (χ2n) is 7.60. The maximum absolute atomic E-state index is 13.1. The SMILES string of the molecule is Cc1ccc(S(=O)(=O)N2CCCCC2CCNC(=O)NCc2ccc(F)cc2)cc1. The minimum atomic E-state index is -3.55. The number of halogens is 1. The average Bonchev–Trinajstić information content (AvgIpc) is 2.74. The van der Waals surface area contributed by atoms with Crippen LogP contribution in [0.5, 0.6) is 0 Å². The number of amides is 2. The number of carbonyl (C=O) groups excluding carboxylic acids is 1. The third-order valence-electron chi connectivity index (χ3n) is 5.33. The molecule has 0 saturated carbocycles. The van der Waals surface area contributed by atoms with Gasteiger partial charge < -0.3 is 10.6 Å². The summed E-state index contributed by atoms with van der Waals surface area (Å²) in [6.45, 7) is 3.09. The van der Waals surface area contributed by atoms with Crippen LogP contribution in [0.25, 0.3) is 0 Å². The van der Waals surface area contributed by atoms with Gasteiger partial charge in [0.25, 0.3) is 0 Å². The molecule has 2 N–H and O–H groups in total. The van der Waals surface area contributed by atoms with E-state index in [0.717, 1.165) is 30.4 Å². The van der Waals surface area contributed by atoms with Crippen molar-refractivity contribution in [3.63, 3.8) is 0 Å². The Balaban J connectivity index is 1.52. The standard InChI is InChI=1S/C22H28FN3O3S/c1-17-5-11-21(12-6-17)30(28,29)26-15-3-2-4-20(26)13-14-24-22(27)25-16-18-7-9-19(23)10-8-18/h5-12,20H,2-4,13-16H2,1H3,(H2,24,25,27). The lowest BCUT2D eigenvalue weighted by molar-refractivity contribution is 0.228. The van der Waals surface area contributed by atoms with Gasteiger partial charge in [0.15, 0.2) is 0 Å². The van der Waals surface area contributed by atoms with Crippen molar-refractivity contribution in [1.29, 1.82) is 0 Å². The van der Waals surface area contributed by atoms with E-state index in [1.807, 2.05) is 6.92 Å². The molecule has 2 aromatic carbocycles. The second-order valence-corrected chi connectivity index (χ2v) is 9.49. The molecule has 30 heavy (non-hydrogen) atoms. The van der Waals surface area contributed by atoms with Crippen molar-refractivity contribution < 1.29 is 17.6 Å². The highest BCUT2D eigenvalue weighted by molar-refractivity contribution is 7.89. The first kappa shape index (κ1) is 22.2. The number of urea groups is 1. The summed E-state index contributed by atoms with van der Waals surface area (Å²) in [6, 6.07) is 12.4. The lowest BCUT2D eigenvalue weighted by Gasteiger charge is -2.34. The number of aryl methyl sites for hydroxylation is 1. The highest BCUT2D eigenvalue weighted by Crippen LogP contribution is 2.27. The number of nitrogens with zero attached hydrogens (tertiary/aromatic N) is 1.